The number of aliphatic hydroxyl groups excluding tert-OH is 1. The lowest BCUT2D eigenvalue weighted by molar-refractivity contribution is -0.130. The Labute approximate surface area is 145 Å². The minimum absolute atomic E-state index is 0.345. The molecule has 3 rings (SSSR count). The summed E-state index contributed by atoms with van der Waals surface area (Å²) in [4.78, 5) is 16.7. The molecular weight excluding hydrogens is 318 g/mol. The number of aryl methyl sites for hydroxylation is 1. The molecule has 0 saturated carbocycles. The van der Waals surface area contributed by atoms with E-state index in [9.17, 15) is 9.90 Å². The smallest absolute Gasteiger partial charge is 0.253 e. The van der Waals surface area contributed by atoms with Crippen LogP contribution in [0.15, 0.2) is 65.2 Å². The molecule has 0 fully saturated rings. The Hall–Kier alpha value is -2.99. The summed E-state index contributed by atoms with van der Waals surface area (Å²) >= 11 is 0. The number of benzene rings is 2. The molecule has 0 unspecified atom stereocenters. The highest BCUT2D eigenvalue weighted by Crippen LogP contribution is 2.20. The van der Waals surface area contributed by atoms with Gasteiger partial charge in [-0.2, -0.15) is 4.98 Å². The van der Waals surface area contributed by atoms with Gasteiger partial charge in [0.05, 0.1) is 12.5 Å². The molecule has 0 radical (unpaired) electrons. The Balaban J connectivity index is 1.78. The zero-order valence-electron chi connectivity index (χ0n) is 13.8. The van der Waals surface area contributed by atoms with E-state index in [0.717, 1.165) is 5.56 Å². The molecule has 2 N–H and O–H groups in total. The minimum atomic E-state index is -1.24. The van der Waals surface area contributed by atoms with Crippen LogP contribution in [0.25, 0.3) is 0 Å². The maximum atomic E-state index is 12.5. The third-order valence-electron chi connectivity index (χ3n) is 3.83. The summed E-state index contributed by atoms with van der Waals surface area (Å²) in [6.45, 7) is 1.74. The van der Waals surface area contributed by atoms with Crippen LogP contribution >= 0.6 is 0 Å². The summed E-state index contributed by atoms with van der Waals surface area (Å²) < 4.78 is 5.17. The van der Waals surface area contributed by atoms with Crippen molar-refractivity contribution in [2.75, 3.05) is 0 Å². The first kappa shape index (κ1) is 16.9. The van der Waals surface area contributed by atoms with Crippen molar-refractivity contribution < 1.29 is 14.4 Å². The molecule has 6 heteroatoms. The van der Waals surface area contributed by atoms with E-state index in [4.69, 9.17) is 4.52 Å². The van der Waals surface area contributed by atoms with Crippen LogP contribution in [0.1, 0.15) is 35.0 Å². The van der Waals surface area contributed by atoms with Gasteiger partial charge in [-0.05, 0) is 18.1 Å². The van der Waals surface area contributed by atoms with Crippen LogP contribution in [0.4, 0.5) is 0 Å². The second kappa shape index (κ2) is 7.72. The van der Waals surface area contributed by atoms with E-state index in [1.807, 2.05) is 36.4 Å². The lowest BCUT2D eigenvalue weighted by Crippen LogP contribution is -2.34. The van der Waals surface area contributed by atoms with Crippen LogP contribution in [-0.4, -0.2) is 21.2 Å². The van der Waals surface area contributed by atoms with E-state index in [1.54, 1.807) is 31.2 Å². The lowest BCUT2D eigenvalue weighted by Gasteiger charge is -2.20. The molecule has 0 saturated heterocycles. The molecular formula is C19H19N3O3. The predicted octanol–water partition coefficient (Wildman–Crippen LogP) is 2.51. The average molecular weight is 337 g/mol. The summed E-state index contributed by atoms with van der Waals surface area (Å²) in [6, 6.07) is 17.9. The van der Waals surface area contributed by atoms with Crippen molar-refractivity contribution >= 4 is 5.91 Å². The summed E-state index contributed by atoms with van der Waals surface area (Å²) in [7, 11) is 0. The van der Waals surface area contributed by atoms with Gasteiger partial charge in [0.25, 0.3) is 5.91 Å². The molecule has 6 nitrogen and oxygen atoms in total. The summed E-state index contributed by atoms with van der Waals surface area (Å²) in [5.41, 5.74) is 1.44. The summed E-state index contributed by atoms with van der Waals surface area (Å²) in [6.07, 6.45) is -0.894. The van der Waals surface area contributed by atoms with Gasteiger partial charge >= 0.3 is 0 Å². The van der Waals surface area contributed by atoms with Gasteiger partial charge in [-0.15, -0.1) is 0 Å². The van der Waals surface area contributed by atoms with Gasteiger partial charge in [0.2, 0.25) is 5.89 Å². The number of aliphatic hydroxyl groups is 1. The van der Waals surface area contributed by atoms with Gasteiger partial charge in [0, 0.05) is 0 Å². The SMILES string of the molecule is Cc1noc(C[C@H](NC(=O)[C@H](O)c2ccccc2)c2ccccc2)n1. The molecule has 3 aromatic rings. The quantitative estimate of drug-likeness (QED) is 0.721. The Bertz CT molecular complexity index is 818. The second-order valence-electron chi connectivity index (χ2n) is 5.72. The average Bonchev–Trinajstić information content (AvgIpc) is 3.06. The third kappa shape index (κ3) is 4.30. The first-order valence-corrected chi connectivity index (χ1v) is 8.01. The van der Waals surface area contributed by atoms with Gasteiger partial charge in [-0.25, -0.2) is 0 Å². The molecule has 2 aromatic carbocycles. The van der Waals surface area contributed by atoms with Crippen LogP contribution in [-0.2, 0) is 11.2 Å². The number of hydrogen-bond donors (Lipinski definition) is 2. The molecule has 0 spiro atoms. The van der Waals surface area contributed by atoms with Crippen molar-refractivity contribution in [3.05, 3.63) is 83.5 Å². The third-order valence-corrected chi connectivity index (χ3v) is 3.83. The molecule has 0 bridgehead atoms. The molecule has 0 aliphatic heterocycles. The molecule has 1 aromatic heterocycles. The van der Waals surface area contributed by atoms with Gasteiger partial charge in [-0.3, -0.25) is 4.79 Å². The second-order valence-corrected chi connectivity index (χ2v) is 5.72. The van der Waals surface area contributed by atoms with Gasteiger partial charge in [0.1, 0.15) is 0 Å². The van der Waals surface area contributed by atoms with E-state index in [-0.39, 0.29) is 6.04 Å². The normalized spacial score (nSPS) is 13.2. The highest BCUT2D eigenvalue weighted by molar-refractivity contribution is 5.82. The predicted molar refractivity (Wildman–Crippen MR) is 91.5 cm³/mol. The molecule has 1 amide bonds. The minimum Gasteiger partial charge on any atom is -0.378 e. The fourth-order valence-corrected chi connectivity index (χ4v) is 2.57. The molecule has 0 aliphatic carbocycles. The van der Waals surface area contributed by atoms with Crippen molar-refractivity contribution in [2.45, 2.75) is 25.5 Å². The Kier molecular flexibility index (Phi) is 5.20. The fourth-order valence-electron chi connectivity index (χ4n) is 2.57. The van der Waals surface area contributed by atoms with Crippen molar-refractivity contribution in [3.63, 3.8) is 0 Å². The number of carbonyl (C=O) groups is 1. The topological polar surface area (TPSA) is 88.2 Å². The maximum Gasteiger partial charge on any atom is 0.253 e. The number of rotatable bonds is 6. The number of carbonyl (C=O) groups excluding carboxylic acids is 1. The monoisotopic (exact) mass is 337 g/mol. The van der Waals surface area contributed by atoms with Gasteiger partial charge in [0.15, 0.2) is 11.9 Å². The van der Waals surface area contributed by atoms with Crippen LogP contribution in [0.3, 0.4) is 0 Å². The zero-order valence-corrected chi connectivity index (χ0v) is 13.8. The number of hydrogen-bond acceptors (Lipinski definition) is 5. The Morgan fingerprint density at radius 3 is 2.24 bits per heavy atom. The number of nitrogens with one attached hydrogen (secondary N) is 1. The first-order chi connectivity index (χ1) is 12.1. The van der Waals surface area contributed by atoms with Crippen molar-refractivity contribution in [1.82, 2.24) is 15.5 Å². The van der Waals surface area contributed by atoms with E-state index in [1.165, 1.54) is 0 Å². The number of nitrogens with zero attached hydrogens (tertiary/aromatic N) is 2. The molecule has 2 atom stereocenters. The maximum absolute atomic E-state index is 12.5. The fraction of sp³-hybridized carbons (Fsp3) is 0.211. The van der Waals surface area contributed by atoms with Gasteiger partial charge < -0.3 is 14.9 Å². The van der Waals surface area contributed by atoms with E-state index >= 15 is 0 Å². The Morgan fingerprint density at radius 2 is 1.68 bits per heavy atom. The van der Waals surface area contributed by atoms with Crippen molar-refractivity contribution in [2.24, 2.45) is 0 Å². The largest absolute Gasteiger partial charge is 0.378 e. The molecule has 1 heterocycles. The lowest BCUT2D eigenvalue weighted by atomic mass is 10.0. The Morgan fingerprint density at radius 1 is 1.08 bits per heavy atom. The van der Waals surface area contributed by atoms with E-state index < -0.39 is 12.0 Å². The van der Waals surface area contributed by atoms with Crippen LogP contribution in [0.5, 0.6) is 0 Å². The first-order valence-electron chi connectivity index (χ1n) is 8.01. The van der Waals surface area contributed by atoms with Crippen molar-refractivity contribution in [3.8, 4) is 0 Å². The zero-order chi connectivity index (χ0) is 17.6. The number of aromatic nitrogens is 2. The van der Waals surface area contributed by atoms with Crippen LogP contribution in [0, 0.1) is 6.92 Å². The standard InChI is InChI=1S/C19H19N3O3/c1-13-20-17(25-22-13)12-16(14-8-4-2-5-9-14)21-19(24)18(23)15-10-6-3-7-11-15/h2-11,16,18,23H,12H2,1H3,(H,21,24)/t16-,18+/m0/s1. The van der Waals surface area contributed by atoms with Crippen molar-refractivity contribution in [1.29, 1.82) is 0 Å². The highest BCUT2D eigenvalue weighted by Gasteiger charge is 2.23. The summed E-state index contributed by atoms with van der Waals surface area (Å²) in [5.74, 6) is 0.495. The summed E-state index contributed by atoms with van der Waals surface area (Å²) in [5, 5.41) is 16.9. The molecule has 128 valence electrons. The van der Waals surface area contributed by atoms with E-state index in [2.05, 4.69) is 15.5 Å². The van der Waals surface area contributed by atoms with Gasteiger partial charge in [-0.1, -0.05) is 65.8 Å². The highest BCUT2D eigenvalue weighted by atomic mass is 16.5. The molecule has 25 heavy (non-hydrogen) atoms. The number of amides is 1. The molecule has 0 aliphatic rings. The van der Waals surface area contributed by atoms with E-state index in [0.29, 0.717) is 23.7 Å². The van der Waals surface area contributed by atoms with Crippen LogP contribution < -0.4 is 5.32 Å². The van der Waals surface area contributed by atoms with Crippen LogP contribution in [0.2, 0.25) is 0 Å².